The van der Waals surface area contributed by atoms with Crippen molar-refractivity contribution in [1.82, 2.24) is 15.5 Å². The van der Waals surface area contributed by atoms with E-state index in [0.29, 0.717) is 38.4 Å². The molecule has 2 heterocycles. The molecule has 2 N–H and O–H groups in total. The fourth-order valence-electron chi connectivity index (χ4n) is 3.90. The lowest BCUT2D eigenvalue weighted by molar-refractivity contribution is -0.132. The van der Waals surface area contributed by atoms with Crippen LogP contribution >= 0.6 is 0 Å². The van der Waals surface area contributed by atoms with Gasteiger partial charge < -0.3 is 15.5 Å². The van der Waals surface area contributed by atoms with Gasteiger partial charge in [-0.1, -0.05) is 0 Å². The molecule has 0 bridgehead atoms. The molecule has 2 unspecified atom stereocenters. The van der Waals surface area contributed by atoms with Gasteiger partial charge in [0.25, 0.3) is 0 Å². The Labute approximate surface area is 167 Å². The van der Waals surface area contributed by atoms with Gasteiger partial charge in [-0.05, 0) is 50.3 Å². The molecule has 3 rings (SSSR count). The van der Waals surface area contributed by atoms with Gasteiger partial charge in [0.2, 0.25) is 11.8 Å². The molecule has 156 valence electrons. The molecule has 0 aromatic heterocycles. The highest BCUT2D eigenvalue weighted by molar-refractivity contribution is 5.84. The Hall–Kier alpha value is -2.60. The van der Waals surface area contributed by atoms with E-state index in [1.165, 1.54) is 4.90 Å². The van der Waals surface area contributed by atoms with Gasteiger partial charge >= 0.3 is 0 Å². The molecule has 2 saturated heterocycles. The van der Waals surface area contributed by atoms with E-state index in [2.05, 4.69) is 16.7 Å². The number of rotatable bonds is 6. The van der Waals surface area contributed by atoms with E-state index in [0.717, 1.165) is 12.5 Å². The maximum atomic E-state index is 14.1. The number of hydrogen-bond donors (Lipinski definition) is 2. The monoisotopic (exact) mass is 408 g/mol. The number of nitrogens with one attached hydrogen (secondary N) is 2. The van der Waals surface area contributed by atoms with Gasteiger partial charge in [0.15, 0.2) is 11.6 Å². The normalized spacial score (nSPS) is 22.3. The fraction of sp³-hybridized carbons (Fsp3) is 0.550. The first-order chi connectivity index (χ1) is 13.9. The van der Waals surface area contributed by atoms with Crippen LogP contribution in [0.4, 0.5) is 13.2 Å². The van der Waals surface area contributed by atoms with Gasteiger partial charge in [-0.2, -0.15) is 5.26 Å². The van der Waals surface area contributed by atoms with Gasteiger partial charge in [-0.3, -0.25) is 9.59 Å². The quantitative estimate of drug-likeness (QED) is 0.703. The molecule has 2 aliphatic heterocycles. The van der Waals surface area contributed by atoms with E-state index >= 15 is 0 Å². The maximum Gasteiger partial charge on any atom is 0.237 e. The van der Waals surface area contributed by atoms with Crippen LogP contribution in [0.5, 0.6) is 0 Å². The van der Waals surface area contributed by atoms with Crippen molar-refractivity contribution >= 4 is 11.8 Å². The number of carbonyl (C=O) groups is 2. The summed E-state index contributed by atoms with van der Waals surface area (Å²) in [7, 11) is 0. The average Bonchev–Trinajstić information content (AvgIpc) is 3.37. The van der Waals surface area contributed by atoms with Crippen LogP contribution in [0.1, 0.15) is 37.7 Å². The van der Waals surface area contributed by atoms with Crippen molar-refractivity contribution in [3.8, 4) is 6.07 Å². The van der Waals surface area contributed by atoms with Crippen LogP contribution < -0.4 is 10.6 Å². The topological polar surface area (TPSA) is 85.2 Å². The molecule has 1 aromatic carbocycles. The molecule has 0 aliphatic carbocycles. The molecule has 2 aliphatic rings. The largest absolute Gasteiger partial charge is 0.351 e. The summed E-state index contributed by atoms with van der Waals surface area (Å²) in [5.41, 5.74) is -0.125. The third kappa shape index (κ3) is 5.07. The third-order valence-corrected chi connectivity index (χ3v) is 5.42. The minimum Gasteiger partial charge on any atom is -0.351 e. The van der Waals surface area contributed by atoms with E-state index in [9.17, 15) is 28.0 Å². The lowest BCUT2D eigenvalue weighted by Crippen LogP contribution is -2.48. The van der Waals surface area contributed by atoms with Crippen LogP contribution in [0.25, 0.3) is 0 Å². The summed E-state index contributed by atoms with van der Waals surface area (Å²) in [6.45, 7) is 1.15. The van der Waals surface area contributed by atoms with Crippen molar-refractivity contribution in [2.45, 2.75) is 56.7 Å². The first kappa shape index (κ1) is 21.1. The number of likely N-dealkylation sites (tertiary alicyclic amines) is 1. The number of hydrogen-bond acceptors (Lipinski definition) is 4. The Morgan fingerprint density at radius 3 is 2.66 bits per heavy atom. The van der Waals surface area contributed by atoms with Gasteiger partial charge in [0.1, 0.15) is 11.9 Å². The summed E-state index contributed by atoms with van der Waals surface area (Å²) in [4.78, 5) is 26.7. The molecule has 0 radical (unpaired) electrons. The molecule has 0 spiro atoms. The van der Waals surface area contributed by atoms with E-state index in [1.54, 1.807) is 0 Å². The molecule has 1 aromatic rings. The zero-order chi connectivity index (χ0) is 21.0. The Kier molecular flexibility index (Phi) is 6.75. The number of benzene rings is 1. The van der Waals surface area contributed by atoms with Crippen molar-refractivity contribution in [2.24, 2.45) is 0 Å². The molecule has 29 heavy (non-hydrogen) atoms. The molecule has 2 fully saturated rings. The summed E-state index contributed by atoms with van der Waals surface area (Å²) in [6, 6.07) is 1.55. The zero-order valence-corrected chi connectivity index (χ0v) is 15.9. The molecular weight excluding hydrogens is 385 g/mol. The molecule has 3 atom stereocenters. The van der Waals surface area contributed by atoms with Crippen LogP contribution in [-0.2, 0) is 16.0 Å². The van der Waals surface area contributed by atoms with Crippen molar-refractivity contribution < 1.29 is 22.8 Å². The van der Waals surface area contributed by atoms with Crippen LogP contribution in [0, 0.1) is 28.8 Å². The fourth-order valence-corrected chi connectivity index (χ4v) is 3.90. The predicted molar refractivity (Wildman–Crippen MR) is 97.9 cm³/mol. The van der Waals surface area contributed by atoms with Gasteiger partial charge in [-0.15, -0.1) is 0 Å². The van der Waals surface area contributed by atoms with Crippen molar-refractivity contribution in [2.75, 3.05) is 13.1 Å². The average molecular weight is 408 g/mol. The minimum absolute atomic E-state index is 0.125. The number of halogens is 3. The van der Waals surface area contributed by atoms with Gasteiger partial charge in [-0.25, -0.2) is 13.2 Å². The van der Waals surface area contributed by atoms with E-state index in [-0.39, 0.29) is 30.2 Å². The number of nitriles is 1. The second-order valence-corrected chi connectivity index (χ2v) is 7.49. The molecule has 0 saturated carbocycles. The predicted octanol–water partition coefficient (Wildman–Crippen LogP) is 1.79. The Morgan fingerprint density at radius 2 is 1.97 bits per heavy atom. The van der Waals surface area contributed by atoms with Gasteiger partial charge in [0.05, 0.1) is 12.1 Å². The Balaban J connectivity index is 1.75. The minimum atomic E-state index is -1.30. The highest BCUT2D eigenvalue weighted by Gasteiger charge is 2.32. The zero-order valence-electron chi connectivity index (χ0n) is 15.9. The first-order valence-corrected chi connectivity index (χ1v) is 9.75. The molecule has 9 heteroatoms. The van der Waals surface area contributed by atoms with Crippen LogP contribution in [0.3, 0.4) is 0 Å². The second kappa shape index (κ2) is 9.27. The summed E-state index contributed by atoms with van der Waals surface area (Å²) in [5.74, 6) is -4.08. The van der Waals surface area contributed by atoms with Crippen molar-refractivity contribution in [1.29, 1.82) is 5.26 Å². The Morgan fingerprint density at radius 1 is 1.21 bits per heavy atom. The summed E-state index contributed by atoms with van der Waals surface area (Å²) < 4.78 is 40.9. The van der Waals surface area contributed by atoms with Crippen LogP contribution in [0.15, 0.2) is 12.1 Å². The summed E-state index contributed by atoms with van der Waals surface area (Å²) >= 11 is 0. The first-order valence-electron chi connectivity index (χ1n) is 9.75. The lowest BCUT2D eigenvalue weighted by atomic mass is 10.0. The van der Waals surface area contributed by atoms with E-state index < -0.39 is 35.6 Å². The highest BCUT2D eigenvalue weighted by atomic mass is 19.2. The number of carbonyl (C=O) groups excluding carboxylic acids is 2. The SMILES string of the molecule is N#CC1CCCN1C(=O)C[C@@H](Cc1cc(F)c(F)cc1F)NC(=O)C1CCCN1. The molecular formula is C20H23F3N4O2. The van der Waals surface area contributed by atoms with Crippen molar-refractivity contribution in [3.63, 3.8) is 0 Å². The lowest BCUT2D eigenvalue weighted by Gasteiger charge is -2.25. The van der Waals surface area contributed by atoms with E-state index in [1.807, 2.05) is 0 Å². The highest BCUT2D eigenvalue weighted by Crippen LogP contribution is 2.21. The maximum absolute atomic E-state index is 14.1. The number of nitrogens with zero attached hydrogens (tertiary/aromatic N) is 2. The number of amides is 2. The van der Waals surface area contributed by atoms with Crippen LogP contribution in [-0.4, -0.2) is 47.9 Å². The smallest absolute Gasteiger partial charge is 0.237 e. The molecule has 2 amide bonds. The summed E-state index contributed by atoms with van der Waals surface area (Å²) in [5, 5.41) is 15.0. The Bertz CT molecular complexity index is 821. The second-order valence-electron chi connectivity index (χ2n) is 7.49. The molecule has 6 nitrogen and oxygen atoms in total. The van der Waals surface area contributed by atoms with Gasteiger partial charge in [0, 0.05) is 25.1 Å². The van der Waals surface area contributed by atoms with Crippen molar-refractivity contribution in [3.05, 3.63) is 35.1 Å². The third-order valence-electron chi connectivity index (χ3n) is 5.42. The summed E-state index contributed by atoms with van der Waals surface area (Å²) in [6.07, 6.45) is 2.47. The van der Waals surface area contributed by atoms with Crippen LogP contribution in [0.2, 0.25) is 0 Å². The van der Waals surface area contributed by atoms with E-state index in [4.69, 9.17) is 0 Å². The standard InChI is InChI=1S/C20H23F3N4O2/c21-15-10-17(23)16(22)8-12(15)7-13(26-20(29)18-4-1-5-25-18)9-19(28)27-6-2-3-14(27)11-24/h8,10,13-14,18,25H,1-7,9H2,(H,26,29)/t13-,14?,18?/m1/s1.